The first kappa shape index (κ1) is 29.0. The Morgan fingerprint density at radius 3 is 1.35 bits per heavy atom. The van der Waals surface area contributed by atoms with E-state index in [1.165, 1.54) is 54.4 Å². The van der Waals surface area contributed by atoms with Crippen LogP contribution in [0.1, 0.15) is 77.8 Å². The predicted octanol–water partition coefficient (Wildman–Crippen LogP) is 10.3. The van der Waals surface area contributed by atoms with Crippen LogP contribution >= 0.6 is 25.7 Å². The molecule has 0 unspecified atom stereocenters. The summed E-state index contributed by atoms with van der Waals surface area (Å²) in [4.78, 5) is 0. The zero-order valence-corrected chi connectivity index (χ0v) is 23.9. The van der Waals surface area contributed by atoms with Crippen LogP contribution in [0, 0.1) is 7.43 Å². The molecule has 1 nitrogen and oxygen atoms in total. The molecule has 0 atom stereocenters. The second kappa shape index (κ2) is 13.0. The van der Waals surface area contributed by atoms with Crippen LogP contribution in [0.5, 0.6) is 0 Å². The summed E-state index contributed by atoms with van der Waals surface area (Å²) in [7, 11) is 7.54. The van der Waals surface area contributed by atoms with E-state index in [9.17, 15) is 5.16 Å². The van der Waals surface area contributed by atoms with E-state index >= 15 is 0 Å². The minimum absolute atomic E-state index is 0. The maximum absolute atomic E-state index is 11.9. The van der Waals surface area contributed by atoms with Crippen LogP contribution in [0.3, 0.4) is 0 Å². The average Bonchev–Trinajstić information content (AvgIpc) is 3.39. The van der Waals surface area contributed by atoms with E-state index in [0.29, 0.717) is 0 Å². The van der Waals surface area contributed by atoms with E-state index in [-0.39, 0.29) is 23.9 Å². The van der Waals surface area contributed by atoms with E-state index in [4.69, 9.17) is 18.6 Å². The average molecular weight is 514 g/mol. The molecule has 4 rings (SSSR count). The van der Waals surface area contributed by atoms with Crippen molar-refractivity contribution in [2.75, 3.05) is 0 Å². The molecular formula is C26H38Cl2NPTi-2. The van der Waals surface area contributed by atoms with E-state index in [1.54, 1.807) is 0 Å². The third-order valence-electron chi connectivity index (χ3n) is 6.73. The van der Waals surface area contributed by atoms with Gasteiger partial charge in [-0.15, -0.1) is 0 Å². The molecule has 0 amide bonds. The standard InChI is InChI=1S/C20H25NP.C5H10.CH3.2ClH.Ti/c1-14(2)22(21,15(3)4)20(5)18-12-8-6-10-16(18)17-11-7-9-13-19(17)20;1-2-4-5-3-1;;;;/h6-15H,1-5H3;1-5H2;1H3;2*1H;/q-1;;-1;;;+2/p-2. The van der Waals surface area contributed by atoms with Gasteiger partial charge in [-0.3, -0.25) is 0 Å². The van der Waals surface area contributed by atoms with Gasteiger partial charge in [-0.1, -0.05) is 108 Å². The van der Waals surface area contributed by atoms with Crippen LogP contribution in [0.25, 0.3) is 16.3 Å². The van der Waals surface area contributed by atoms with Crippen molar-refractivity contribution in [2.45, 2.75) is 83.2 Å². The number of hydrogen-bond donors (Lipinski definition) is 0. The molecule has 0 spiro atoms. The number of fused-ring (bicyclic) bond motifs is 3. The first-order chi connectivity index (χ1) is 14.3. The molecule has 0 saturated heterocycles. The number of benzene rings is 2. The normalized spacial score (nSPS) is 15.6. The second-order valence-electron chi connectivity index (χ2n) is 8.93. The van der Waals surface area contributed by atoms with Crippen molar-refractivity contribution in [2.24, 2.45) is 0 Å². The first-order valence-electron chi connectivity index (χ1n) is 11.0. The molecule has 31 heavy (non-hydrogen) atoms. The van der Waals surface area contributed by atoms with Gasteiger partial charge >= 0.3 is 35.6 Å². The van der Waals surface area contributed by atoms with E-state index in [1.807, 2.05) is 0 Å². The van der Waals surface area contributed by atoms with E-state index < -0.39 is 24.1 Å². The third-order valence-corrected chi connectivity index (χ3v) is 11.8. The molecule has 0 bridgehead atoms. The monoisotopic (exact) mass is 513 g/mol. The van der Waals surface area contributed by atoms with Gasteiger partial charge in [0.2, 0.25) is 0 Å². The van der Waals surface area contributed by atoms with E-state index in [2.05, 4.69) is 83.1 Å². The molecule has 0 aliphatic heterocycles. The molecule has 5 heteroatoms. The minimum atomic E-state index is -2.24. The Morgan fingerprint density at radius 2 is 1.06 bits per heavy atom. The quantitative estimate of drug-likeness (QED) is 0.221. The fraction of sp³-hybridized carbons (Fsp3) is 0.500. The third kappa shape index (κ3) is 5.73. The van der Waals surface area contributed by atoms with Crippen molar-refractivity contribution in [3.05, 3.63) is 72.2 Å². The molecule has 2 aromatic carbocycles. The van der Waals surface area contributed by atoms with Crippen molar-refractivity contribution in [1.29, 1.82) is 0 Å². The first-order valence-corrected chi connectivity index (χ1v) is 17.2. The summed E-state index contributed by atoms with van der Waals surface area (Å²) in [6.07, 6.45) is 7.50. The zero-order chi connectivity index (χ0) is 22.4. The molecule has 172 valence electrons. The SMILES string of the molecule is C1CCCC1.CC(C)P(=[N-])(C(C)C)C1(C)c2ccccc2-c2ccccc21.[CH3-].[Cl][Ti][Cl]. The summed E-state index contributed by atoms with van der Waals surface area (Å²) in [6, 6.07) is 17.2. The predicted molar refractivity (Wildman–Crippen MR) is 140 cm³/mol. The Bertz CT molecular complexity index is 797. The van der Waals surface area contributed by atoms with Gasteiger partial charge in [-0.2, -0.15) is 0 Å². The Kier molecular flexibility index (Phi) is 12.2. The van der Waals surface area contributed by atoms with Crippen LogP contribution in [-0.4, -0.2) is 11.3 Å². The van der Waals surface area contributed by atoms with Crippen LogP contribution in [0.15, 0.2) is 48.5 Å². The summed E-state index contributed by atoms with van der Waals surface area (Å²) < 4.78 is 0. The Balaban J connectivity index is 0.000000454. The van der Waals surface area contributed by atoms with Crippen molar-refractivity contribution >= 4 is 25.7 Å². The summed E-state index contributed by atoms with van der Waals surface area (Å²) in [5.41, 5.74) is 5.73. The van der Waals surface area contributed by atoms with Crippen molar-refractivity contribution in [3.8, 4) is 11.1 Å². The van der Waals surface area contributed by atoms with Crippen LogP contribution in [0.2, 0.25) is 0 Å². The summed E-state index contributed by atoms with van der Waals surface area (Å²) in [5, 5.41) is 11.7. The van der Waals surface area contributed by atoms with Gasteiger partial charge in [0.15, 0.2) is 0 Å². The summed E-state index contributed by atoms with van der Waals surface area (Å²) in [6.45, 7) is 11.0. The maximum atomic E-state index is 11.9. The fourth-order valence-corrected chi connectivity index (χ4v) is 9.75. The summed E-state index contributed by atoms with van der Waals surface area (Å²) in [5.74, 6) is 0. The molecule has 0 radical (unpaired) electrons. The number of halogens is 2. The second-order valence-corrected chi connectivity index (χ2v) is 15.9. The van der Waals surface area contributed by atoms with Crippen LogP contribution in [0.4, 0.5) is 0 Å². The number of rotatable bonds is 3. The Morgan fingerprint density at radius 1 is 0.774 bits per heavy atom. The Labute approximate surface area is 208 Å². The molecule has 2 aliphatic rings. The van der Waals surface area contributed by atoms with Crippen LogP contribution < -0.4 is 0 Å². The summed E-state index contributed by atoms with van der Waals surface area (Å²) >= 11 is -0.556. The zero-order valence-electron chi connectivity index (χ0n) is 20.0. The molecule has 0 heterocycles. The fourth-order valence-electron chi connectivity index (χ4n) is 5.33. The number of hydrogen-bond acceptors (Lipinski definition) is 0. The van der Waals surface area contributed by atoms with Gasteiger partial charge in [-0.05, 0) is 40.5 Å². The molecule has 1 saturated carbocycles. The molecule has 2 aromatic rings. The van der Waals surface area contributed by atoms with Crippen LogP contribution in [-0.2, 0) is 22.2 Å². The molecule has 2 aliphatic carbocycles. The molecule has 0 aromatic heterocycles. The van der Waals surface area contributed by atoms with Gasteiger partial charge in [0.25, 0.3) is 0 Å². The number of nitrogens with zero attached hydrogens (tertiary/aromatic N) is 1. The van der Waals surface area contributed by atoms with Gasteiger partial charge in [0.1, 0.15) is 0 Å². The van der Waals surface area contributed by atoms with Gasteiger partial charge in [0, 0.05) is 5.16 Å². The topological polar surface area (TPSA) is 22.3 Å². The molecular weight excluding hydrogens is 476 g/mol. The van der Waals surface area contributed by atoms with Gasteiger partial charge in [-0.25, -0.2) is 7.05 Å². The van der Waals surface area contributed by atoms with Crippen molar-refractivity contribution in [1.82, 2.24) is 0 Å². The molecule has 1 fully saturated rings. The van der Waals surface area contributed by atoms with E-state index in [0.717, 1.165) is 0 Å². The Hall–Kier alpha value is -0.0357. The molecule has 0 N–H and O–H groups in total. The van der Waals surface area contributed by atoms with Crippen molar-refractivity contribution < 1.29 is 17.0 Å². The van der Waals surface area contributed by atoms with Crippen molar-refractivity contribution in [3.63, 3.8) is 0 Å². The van der Waals surface area contributed by atoms with Gasteiger partial charge < -0.3 is 12.6 Å². The van der Waals surface area contributed by atoms with Gasteiger partial charge in [0.05, 0.1) is 0 Å².